The molecular weight excluding hydrogens is 370 g/mol. The molecule has 0 radical (unpaired) electrons. The van der Waals surface area contributed by atoms with Crippen LogP contribution in [0.3, 0.4) is 0 Å². The molecule has 1 heterocycles. The number of carbonyl (C=O) groups is 1. The summed E-state index contributed by atoms with van der Waals surface area (Å²) in [4.78, 5) is 16.5. The van der Waals surface area contributed by atoms with Crippen LogP contribution in [0.2, 0.25) is 5.02 Å². The first kappa shape index (κ1) is 17.9. The maximum Gasteiger partial charge on any atom is 0.231 e. The molecule has 5 nitrogen and oxygen atoms in total. The number of hydrogen-bond donors (Lipinski definition) is 1. The molecule has 7 heteroatoms. The fourth-order valence-electron chi connectivity index (χ4n) is 2.20. The van der Waals surface area contributed by atoms with Crippen LogP contribution in [0.5, 0.6) is 5.75 Å². The van der Waals surface area contributed by atoms with E-state index in [0.717, 1.165) is 11.4 Å². The van der Waals surface area contributed by atoms with E-state index in [4.69, 9.17) is 21.6 Å². The summed E-state index contributed by atoms with van der Waals surface area (Å²) in [5, 5.41) is 14.6. The Bertz CT molecular complexity index is 951. The third kappa shape index (κ3) is 4.82. The number of nitriles is 1. The van der Waals surface area contributed by atoms with Crippen molar-refractivity contribution in [1.29, 1.82) is 5.26 Å². The van der Waals surface area contributed by atoms with Crippen molar-refractivity contribution in [2.75, 3.05) is 5.32 Å². The van der Waals surface area contributed by atoms with Crippen LogP contribution in [-0.2, 0) is 17.8 Å². The molecule has 0 aliphatic carbocycles. The number of benzene rings is 2. The van der Waals surface area contributed by atoms with Gasteiger partial charge in [0.1, 0.15) is 17.4 Å². The molecule has 0 saturated carbocycles. The normalized spacial score (nSPS) is 10.2. The Balaban J connectivity index is 1.55. The maximum atomic E-state index is 12.1. The molecular formula is C19H14ClN3O2S. The molecule has 0 unspecified atom stereocenters. The van der Waals surface area contributed by atoms with E-state index in [-0.39, 0.29) is 18.9 Å². The van der Waals surface area contributed by atoms with E-state index < -0.39 is 0 Å². The molecule has 1 N–H and O–H groups in total. The minimum atomic E-state index is -0.117. The smallest absolute Gasteiger partial charge is 0.231 e. The highest BCUT2D eigenvalue weighted by Gasteiger charge is 2.10. The van der Waals surface area contributed by atoms with Crippen LogP contribution in [0.15, 0.2) is 53.9 Å². The Morgan fingerprint density at radius 1 is 1.27 bits per heavy atom. The predicted octanol–water partition coefficient (Wildman–Crippen LogP) is 4.43. The number of nitrogens with zero attached hydrogens (tertiary/aromatic N) is 2. The molecule has 0 aliphatic heterocycles. The van der Waals surface area contributed by atoms with Crippen molar-refractivity contribution in [2.45, 2.75) is 13.0 Å². The molecule has 0 fully saturated rings. The highest BCUT2D eigenvalue weighted by Crippen LogP contribution is 2.26. The van der Waals surface area contributed by atoms with Crippen LogP contribution in [-0.4, -0.2) is 10.9 Å². The molecule has 1 aromatic heterocycles. The Labute approximate surface area is 159 Å². The average molecular weight is 384 g/mol. The maximum absolute atomic E-state index is 12.1. The second kappa shape index (κ2) is 8.48. The second-order valence-corrected chi connectivity index (χ2v) is 6.72. The monoisotopic (exact) mass is 383 g/mol. The van der Waals surface area contributed by atoms with Gasteiger partial charge < -0.3 is 10.1 Å². The van der Waals surface area contributed by atoms with Crippen molar-refractivity contribution in [3.05, 3.63) is 75.2 Å². The average Bonchev–Trinajstić information content (AvgIpc) is 3.08. The first-order valence-corrected chi connectivity index (χ1v) is 9.00. The number of ether oxygens (including phenoxy) is 1. The highest BCUT2D eigenvalue weighted by atomic mass is 35.5. The highest BCUT2D eigenvalue weighted by molar-refractivity contribution is 7.09. The molecule has 0 atom stereocenters. The number of anilines is 1. The number of thiazole rings is 1. The van der Waals surface area contributed by atoms with Gasteiger partial charge >= 0.3 is 0 Å². The van der Waals surface area contributed by atoms with Crippen LogP contribution >= 0.6 is 22.9 Å². The number of aromatic nitrogens is 1. The zero-order valence-corrected chi connectivity index (χ0v) is 15.2. The SMILES string of the molecule is N#Cc1ccc(OCc2csc(CC(=O)Nc3ccccc3)n2)c(Cl)c1. The van der Waals surface area contributed by atoms with Crippen molar-refractivity contribution >= 4 is 34.5 Å². The third-order valence-corrected chi connectivity index (χ3v) is 4.60. The molecule has 0 saturated heterocycles. The van der Waals surface area contributed by atoms with Gasteiger partial charge in [0.05, 0.1) is 28.8 Å². The molecule has 0 bridgehead atoms. The van der Waals surface area contributed by atoms with Crippen molar-refractivity contribution < 1.29 is 9.53 Å². The minimum absolute atomic E-state index is 0.117. The van der Waals surface area contributed by atoms with Gasteiger partial charge in [-0.15, -0.1) is 11.3 Å². The van der Waals surface area contributed by atoms with Gasteiger partial charge in [0.2, 0.25) is 5.91 Å². The Morgan fingerprint density at radius 2 is 2.08 bits per heavy atom. The number of para-hydroxylation sites is 1. The van der Waals surface area contributed by atoms with Crippen LogP contribution in [0.25, 0.3) is 0 Å². The zero-order chi connectivity index (χ0) is 18.4. The van der Waals surface area contributed by atoms with Crippen LogP contribution in [0, 0.1) is 11.3 Å². The van der Waals surface area contributed by atoms with E-state index in [9.17, 15) is 4.79 Å². The molecule has 0 spiro atoms. The number of nitrogens with one attached hydrogen (secondary N) is 1. The van der Waals surface area contributed by atoms with Gasteiger partial charge in [-0.1, -0.05) is 29.8 Å². The van der Waals surface area contributed by atoms with Crippen molar-refractivity contribution in [3.8, 4) is 11.8 Å². The third-order valence-electron chi connectivity index (χ3n) is 3.41. The minimum Gasteiger partial charge on any atom is -0.486 e. The van der Waals surface area contributed by atoms with Gasteiger partial charge in [-0.2, -0.15) is 5.26 Å². The van der Waals surface area contributed by atoms with Gasteiger partial charge in [-0.25, -0.2) is 4.98 Å². The topological polar surface area (TPSA) is 75.0 Å². The van der Waals surface area contributed by atoms with Gasteiger partial charge in [0.25, 0.3) is 0 Å². The van der Waals surface area contributed by atoms with Crippen LogP contribution in [0.1, 0.15) is 16.3 Å². The number of carbonyl (C=O) groups excluding carboxylic acids is 1. The summed E-state index contributed by atoms with van der Waals surface area (Å²) in [6.07, 6.45) is 0.206. The van der Waals surface area contributed by atoms with Crippen LogP contribution < -0.4 is 10.1 Å². The number of halogens is 1. The largest absolute Gasteiger partial charge is 0.486 e. The molecule has 3 rings (SSSR count). The van der Waals surface area contributed by atoms with E-state index >= 15 is 0 Å². The summed E-state index contributed by atoms with van der Waals surface area (Å²) in [5.41, 5.74) is 1.95. The van der Waals surface area contributed by atoms with Crippen molar-refractivity contribution in [1.82, 2.24) is 4.98 Å². The van der Waals surface area contributed by atoms with E-state index in [2.05, 4.69) is 10.3 Å². The van der Waals surface area contributed by atoms with E-state index in [1.807, 2.05) is 41.8 Å². The molecule has 2 aromatic carbocycles. The first-order valence-electron chi connectivity index (χ1n) is 7.74. The van der Waals surface area contributed by atoms with Crippen molar-refractivity contribution in [2.24, 2.45) is 0 Å². The van der Waals surface area contributed by atoms with E-state index in [1.54, 1.807) is 18.2 Å². The number of hydrogen-bond acceptors (Lipinski definition) is 5. The first-order chi connectivity index (χ1) is 12.6. The molecule has 0 aliphatic rings. The second-order valence-electron chi connectivity index (χ2n) is 5.37. The van der Waals surface area contributed by atoms with Gasteiger partial charge in [0.15, 0.2) is 0 Å². The number of amides is 1. The lowest BCUT2D eigenvalue weighted by molar-refractivity contribution is -0.115. The van der Waals surface area contributed by atoms with Crippen molar-refractivity contribution in [3.63, 3.8) is 0 Å². The lowest BCUT2D eigenvalue weighted by Crippen LogP contribution is -2.14. The molecule has 130 valence electrons. The summed E-state index contributed by atoms with van der Waals surface area (Å²) in [5.74, 6) is 0.371. The zero-order valence-electron chi connectivity index (χ0n) is 13.6. The number of rotatable bonds is 6. The van der Waals surface area contributed by atoms with E-state index in [1.165, 1.54) is 11.3 Å². The standard InChI is InChI=1S/C19H14ClN3O2S/c20-16-8-13(10-21)6-7-17(16)25-11-15-12-26-19(23-15)9-18(24)22-14-4-2-1-3-5-14/h1-8,12H,9,11H2,(H,22,24). The molecule has 3 aromatic rings. The summed E-state index contributed by atoms with van der Waals surface area (Å²) in [7, 11) is 0. The quantitative estimate of drug-likeness (QED) is 0.683. The fraction of sp³-hybridized carbons (Fsp3) is 0.105. The summed E-state index contributed by atoms with van der Waals surface area (Å²) >= 11 is 7.48. The van der Waals surface area contributed by atoms with Crippen LogP contribution in [0.4, 0.5) is 5.69 Å². The fourth-order valence-corrected chi connectivity index (χ4v) is 3.21. The van der Waals surface area contributed by atoms with E-state index in [0.29, 0.717) is 21.3 Å². The van der Waals surface area contributed by atoms with Gasteiger partial charge in [0, 0.05) is 11.1 Å². The predicted molar refractivity (Wildman–Crippen MR) is 101 cm³/mol. The van der Waals surface area contributed by atoms with Gasteiger partial charge in [-0.05, 0) is 30.3 Å². The summed E-state index contributed by atoms with van der Waals surface area (Å²) in [6.45, 7) is 0.239. The summed E-state index contributed by atoms with van der Waals surface area (Å²) < 4.78 is 5.64. The lowest BCUT2D eigenvalue weighted by Gasteiger charge is -2.06. The Hall–Kier alpha value is -2.88. The summed E-state index contributed by atoms with van der Waals surface area (Å²) in [6, 6.07) is 16.2. The Kier molecular flexibility index (Phi) is 5.84. The molecule has 26 heavy (non-hydrogen) atoms. The lowest BCUT2D eigenvalue weighted by atomic mass is 10.2. The van der Waals surface area contributed by atoms with Gasteiger partial charge in [-0.3, -0.25) is 4.79 Å². The molecule has 1 amide bonds. The Morgan fingerprint density at radius 3 is 2.81 bits per heavy atom.